The van der Waals surface area contributed by atoms with Crippen molar-refractivity contribution in [1.82, 2.24) is 0 Å². The van der Waals surface area contributed by atoms with Crippen molar-refractivity contribution in [3.63, 3.8) is 0 Å². The van der Waals surface area contributed by atoms with Crippen molar-refractivity contribution in [2.75, 3.05) is 19.8 Å². The Labute approximate surface area is 564 Å². The van der Waals surface area contributed by atoms with Crippen LogP contribution in [0.4, 0.5) is 0 Å². The zero-order valence-electron chi connectivity index (χ0n) is 61.8. The Morgan fingerprint density at radius 3 is 0.622 bits per heavy atom. The molecule has 0 heterocycles. The summed E-state index contributed by atoms with van der Waals surface area (Å²) in [7, 11) is 0. The van der Waals surface area contributed by atoms with Crippen molar-refractivity contribution in [3.8, 4) is 0 Å². The van der Waals surface area contributed by atoms with Gasteiger partial charge in [0.25, 0.3) is 0 Å². The molecule has 90 heavy (non-hydrogen) atoms. The molecule has 0 aromatic carbocycles. The minimum Gasteiger partial charge on any atom is -0.465 e. The number of ether oxygens (including phenoxy) is 3. The maximum atomic E-state index is 14.1. The fourth-order valence-corrected chi connectivity index (χ4v) is 14.2. The minimum atomic E-state index is -0.759. The van der Waals surface area contributed by atoms with Crippen LogP contribution in [0.25, 0.3) is 0 Å². The second kappa shape index (κ2) is 71.7. The first-order valence-corrected chi connectivity index (χ1v) is 41.9. The van der Waals surface area contributed by atoms with Gasteiger partial charge in [-0.05, 0) is 32.1 Å². The predicted molar refractivity (Wildman–Crippen MR) is 393 cm³/mol. The molecular weight excluding hydrogens is 1100 g/mol. The lowest BCUT2D eigenvalue weighted by molar-refractivity contribution is -0.164. The minimum absolute atomic E-state index is 0.104. The van der Waals surface area contributed by atoms with Crippen molar-refractivity contribution in [1.29, 1.82) is 0 Å². The van der Waals surface area contributed by atoms with Gasteiger partial charge in [-0.3, -0.25) is 14.4 Å². The molecule has 6 heteroatoms. The third kappa shape index (κ3) is 62.5. The van der Waals surface area contributed by atoms with Crippen LogP contribution in [-0.2, 0) is 28.6 Å². The Kier molecular flexibility index (Phi) is 68.8. The first kappa shape index (κ1) is 86.4. The molecule has 0 aromatic heterocycles. The molecule has 0 saturated heterocycles. The zero-order chi connectivity index (χ0) is 64.7. The Morgan fingerprint density at radius 1 is 0.244 bits per heavy atom. The van der Waals surface area contributed by atoms with Crippen molar-refractivity contribution < 1.29 is 28.6 Å². The Bertz CT molecular complexity index is 1350. The highest BCUT2D eigenvalue weighted by molar-refractivity contribution is 5.72. The van der Waals surface area contributed by atoms with Gasteiger partial charge in [0, 0.05) is 12.8 Å². The lowest BCUT2D eigenvalue weighted by Crippen LogP contribution is -2.39. The van der Waals surface area contributed by atoms with Crippen molar-refractivity contribution >= 4 is 17.9 Å². The van der Waals surface area contributed by atoms with Crippen molar-refractivity contribution in [2.45, 2.75) is 489 Å². The van der Waals surface area contributed by atoms with E-state index >= 15 is 0 Å². The number of unbranched alkanes of at least 4 members (excludes halogenated alkanes) is 48. The number of rotatable bonds is 60. The van der Waals surface area contributed by atoms with E-state index in [2.05, 4.69) is 20.8 Å². The lowest BCUT2D eigenvalue weighted by atomic mass is 9.87. The maximum Gasteiger partial charge on any atom is 0.308 e. The van der Waals surface area contributed by atoms with E-state index < -0.39 is 5.41 Å². The van der Waals surface area contributed by atoms with Gasteiger partial charge < -0.3 is 14.2 Å². The highest BCUT2D eigenvalue weighted by Crippen LogP contribution is 2.29. The average Bonchev–Trinajstić information content (AvgIpc) is 2.66. The molecule has 1 saturated carbocycles. The summed E-state index contributed by atoms with van der Waals surface area (Å²) in [4.78, 5) is 40.7. The van der Waals surface area contributed by atoms with Gasteiger partial charge in [-0.1, -0.05) is 445 Å². The van der Waals surface area contributed by atoms with E-state index in [1.807, 2.05) is 0 Å². The Morgan fingerprint density at radius 2 is 0.422 bits per heavy atom. The van der Waals surface area contributed by atoms with E-state index in [0.29, 0.717) is 19.3 Å². The highest BCUT2D eigenvalue weighted by Gasteiger charge is 2.35. The third-order valence-electron chi connectivity index (χ3n) is 21.0. The van der Waals surface area contributed by atoms with Gasteiger partial charge >= 0.3 is 17.9 Å². The summed E-state index contributed by atoms with van der Waals surface area (Å²) in [6, 6.07) is 0. The Balaban J connectivity index is 2.45. The van der Waals surface area contributed by atoms with Gasteiger partial charge in [0.2, 0.25) is 0 Å². The van der Waals surface area contributed by atoms with E-state index in [1.165, 1.54) is 385 Å². The van der Waals surface area contributed by atoms with Crippen LogP contribution in [0.5, 0.6) is 0 Å². The molecule has 1 fully saturated rings. The highest BCUT2D eigenvalue weighted by atomic mass is 16.6. The molecule has 1 aliphatic carbocycles. The predicted octanol–water partition coefficient (Wildman–Crippen LogP) is 28.8. The number of esters is 3. The summed E-state index contributed by atoms with van der Waals surface area (Å²) < 4.78 is 18.3. The monoisotopic (exact) mass is 1270 g/mol. The summed E-state index contributed by atoms with van der Waals surface area (Å²) in [5.74, 6) is -0.614. The van der Waals surface area contributed by atoms with Gasteiger partial charge in [0.15, 0.2) is 0 Å². The second-order valence-corrected chi connectivity index (χ2v) is 29.9. The second-order valence-electron chi connectivity index (χ2n) is 29.9. The van der Waals surface area contributed by atoms with E-state index in [0.717, 1.165) is 64.2 Å². The van der Waals surface area contributed by atoms with Gasteiger partial charge in [-0.2, -0.15) is 0 Å². The fourth-order valence-electron chi connectivity index (χ4n) is 14.2. The van der Waals surface area contributed by atoms with E-state index in [-0.39, 0.29) is 43.6 Å². The third-order valence-corrected chi connectivity index (χ3v) is 21.0. The van der Waals surface area contributed by atoms with E-state index in [9.17, 15) is 14.4 Å². The van der Waals surface area contributed by atoms with Gasteiger partial charge in [-0.25, -0.2) is 0 Å². The summed E-state index contributed by atoms with van der Waals surface area (Å²) >= 11 is 0. The molecule has 0 amide bonds. The van der Waals surface area contributed by atoms with Crippen LogP contribution < -0.4 is 0 Å². The number of hydrogen-bond acceptors (Lipinski definition) is 6. The molecule has 0 aromatic rings. The molecule has 0 radical (unpaired) electrons. The van der Waals surface area contributed by atoms with Crippen LogP contribution in [0.2, 0.25) is 0 Å². The molecule has 0 unspecified atom stereocenters. The van der Waals surface area contributed by atoms with Gasteiger partial charge in [-0.15, -0.1) is 0 Å². The molecule has 534 valence electrons. The zero-order valence-corrected chi connectivity index (χ0v) is 61.8. The fraction of sp³-hybridized carbons (Fsp3) is 0.964. The molecule has 6 nitrogen and oxygen atoms in total. The van der Waals surface area contributed by atoms with Crippen LogP contribution in [-0.4, -0.2) is 37.7 Å². The molecule has 0 bridgehead atoms. The molecule has 0 N–H and O–H groups in total. The Hall–Kier alpha value is -1.59. The van der Waals surface area contributed by atoms with E-state index in [1.54, 1.807) is 0 Å². The van der Waals surface area contributed by atoms with Crippen LogP contribution in [0.15, 0.2) is 0 Å². The average molecular weight is 1270 g/mol. The quantitative estimate of drug-likeness (QED) is 0.0343. The lowest BCUT2D eigenvalue weighted by Gasteiger charge is -2.31. The van der Waals surface area contributed by atoms with Gasteiger partial charge in [0.05, 0.1) is 11.3 Å². The summed E-state index contributed by atoms with van der Waals surface area (Å²) in [5.41, 5.74) is -0.759. The number of carbonyl (C=O) groups excluding carboxylic acids is 3. The first-order valence-electron chi connectivity index (χ1n) is 41.9. The molecule has 0 atom stereocenters. The SMILES string of the molecule is CCCCCCCCCCCCCCCCCCCCCCCCCCCC(=O)OCC(CC)(COC(=O)CCCCCCCCCCCCCCCCCCCCCCCCCCC)COC(=O)C1CCCCCCCCCCCCCCCCCCCC1. The number of hydrogen-bond donors (Lipinski definition) is 0. The van der Waals surface area contributed by atoms with Crippen molar-refractivity contribution in [2.24, 2.45) is 11.3 Å². The topological polar surface area (TPSA) is 78.9 Å². The molecular formula is C84H162O6. The van der Waals surface area contributed by atoms with Crippen LogP contribution in [0.1, 0.15) is 489 Å². The first-order chi connectivity index (χ1) is 44.5. The van der Waals surface area contributed by atoms with Gasteiger partial charge in [0.1, 0.15) is 19.8 Å². The van der Waals surface area contributed by atoms with Crippen LogP contribution >= 0.6 is 0 Å². The summed E-state index contributed by atoms with van der Waals surface area (Å²) in [6.07, 6.45) is 94.4. The molecule has 0 spiro atoms. The van der Waals surface area contributed by atoms with Crippen LogP contribution in [0, 0.1) is 11.3 Å². The normalized spacial score (nSPS) is 15.0. The summed E-state index contributed by atoms with van der Waals surface area (Å²) in [5, 5.41) is 0. The molecule has 0 aliphatic heterocycles. The smallest absolute Gasteiger partial charge is 0.308 e. The van der Waals surface area contributed by atoms with E-state index in [4.69, 9.17) is 14.2 Å². The van der Waals surface area contributed by atoms with Crippen molar-refractivity contribution in [3.05, 3.63) is 0 Å². The number of carbonyl (C=O) groups is 3. The standard InChI is InChI=1S/C84H162O6/c1-4-7-9-11-13-15-17-19-21-23-25-27-29-31-33-35-37-43-47-51-55-59-63-67-71-75-81(85)88-77-84(6-3,79-90-83(87)80-73-69-65-61-57-53-49-45-41-39-40-42-46-50-54-58-62-66-70-74-80)78-89-82(86)76-72-68-64-60-56-52-48-44-38-36-34-32-30-28-26-24-22-20-18-16-14-12-10-8-5-2/h80H,4-79H2,1-3H3. The molecule has 1 aliphatic rings. The largest absolute Gasteiger partial charge is 0.465 e. The summed E-state index contributed by atoms with van der Waals surface area (Å²) in [6.45, 7) is 6.98. The van der Waals surface area contributed by atoms with Crippen LogP contribution in [0.3, 0.4) is 0 Å². The maximum absolute atomic E-state index is 14.1. The molecule has 1 rings (SSSR count).